The van der Waals surface area contributed by atoms with Gasteiger partial charge in [-0.2, -0.15) is 0 Å². The molecule has 17 heavy (non-hydrogen) atoms. The molecule has 2 heteroatoms. The highest BCUT2D eigenvalue weighted by molar-refractivity contribution is 5.89. The van der Waals surface area contributed by atoms with E-state index in [9.17, 15) is 4.79 Å². The van der Waals surface area contributed by atoms with Crippen LogP contribution in [0.3, 0.4) is 0 Å². The Kier molecular flexibility index (Phi) is 5.80. The molecule has 0 amide bonds. The molecule has 0 atom stereocenters. The van der Waals surface area contributed by atoms with Gasteiger partial charge in [0.05, 0.1) is 12.2 Å². The maximum atomic E-state index is 11.6. The Hall–Kier alpha value is -1.83. The van der Waals surface area contributed by atoms with E-state index >= 15 is 0 Å². The Morgan fingerprint density at radius 3 is 2.65 bits per heavy atom. The van der Waals surface area contributed by atoms with Crippen molar-refractivity contribution in [1.82, 2.24) is 0 Å². The van der Waals surface area contributed by atoms with Gasteiger partial charge in [0.2, 0.25) is 0 Å². The van der Waals surface area contributed by atoms with Crippen molar-refractivity contribution in [2.45, 2.75) is 19.3 Å². The zero-order valence-corrected chi connectivity index (χ0v) is 10.0. The van der Waals surface area contributed by atoms with Gasteiger partial charge in [0.15, 0.2) is 0 Å². The van der Waals surface area contributed by atoms with Crippen LogP contribution in [0.15, 0.2) is 55.1 Å². The van der Waals surface area contributed by atoms with Gasteiger partial charge >= 0.3 is 5.97 Å². The summed E-state index contributed by atoms with van der Waals surface area (Å²) in [6.07, 6.45) is 4.34. The van der Waals surface area contributed by atoms with Crippen molar-refractivity contribution in [1.29, 1.82) is 0 Å². The molecule has 2 nitrogen and oxygen atoms in total. The van der Waals surface area contributed by atoms with E-state index in [1.807, 2.05) is 24.3 Å². The summed E-state index contributed by atoms with van der Waals surface area (Å²) < 4.78 is 5.15. The molecule has 0 heterocycles. The molecule has 0 saturated carbocycles. The van der Waals surface area contributed by atoms with Gasteiger partial charge in [-0.05, 0) is 31.4 Å². The van der Waals surface area contributed by atoms with Crippen molar-refractivity contribution in [2.75, 3.05) is 6.61 Å². The SMILES string of the molecule is C=CCC(=C)CCCOC(=O)c1ccccc1. The van der Waals surface area contributed by atoms with Crippen LogP contribution >= 0.6 is 0 Å². The highest BCUT2D eigenvalue weighted by Crippen LogP contribution is 2.08. The smallest absolute Gasteiger partial charge is 0.338 e. The fourth-order valence-corrected chi connectivity index (χ4v) is 1.45. The largest absolute Gasteiger partial charge is 0.462 e. The molecule has 0 radical (unpaired) electrons. The van der Waals surface area contributed by atoms with Gasteiger partial charge in [0, 0.05) is 0 Å². The number of carbonyl (C=O) groups excluding carboxylic acids is 1. The molecular formula is C15H18O2. The van der Waals surface area contributed by atoms with Crippen LogP contribution in [-0.2, 0) is 4.74 Å². The number of rotatable bonds is 7. The molecule has 1 aromatic rings. The molecule has 0 spiro atoms. The van der Waals surface area contributed by atoms with Crippen LogP contribution in [0.4, 0.5) is 0 Å². The molecule has 0 unspecified atom stereocenters. The minimum absolute atomic E-state index is 0.264. The van der Waals surface area contributed by atoms with Crippen LogP contribution in [0.25, 0.3) is 0 Å². The normalized spacial score (nSPS) is 9.65. The molecule has 0 bridgehead atoms. The van der Waals surface area contributed by atoms with Gasteiger partial charge in [0.1, 0.15) is 0 Å². The fraction of sp³-hybridized carbons (Fsp3) is 0.267. The summed E-state index contributed by atoms with van der Waals surface area (Å²) in [4.78, 5) is 11.6. The minimum atomic E-state index is -0.264. The molecule has 1 aromatic carbocycles. The second-order valence-electron chi connectivity index (χ2n) is 3.85. The van der Waals surface area contributed by atoms with Gasteiger partial charge in [-0.3, -0.25) is 0 Å². The third kappa shape index (κ3) is 5.16. The maximum absolute atomic E-state index is 11.6. The molecule has 0 aliphatic carbocycles. The Bertz CT molecular complexity index is 379. The van der Waals surface area contributed by atoms with Crippen molar-refractivity contribution in [3.63, 3.8) is 0 Å². The lowest BCUT2D eigenvalue weighted by Gasteiger charge is -2.05. The first kappa shape index (κ1) is 13.2. The Morgan fingerprint density at radius 2 is 2.00 bits per heavy atom. The van der Waals surface area contributed by atoms with Crippen molar-refractivity contribution < 1.29 is 9.53 Å². The van der Waals surface area contributed by atoms with Gasteiger partial charge in [-0.15, -0.1) is 6.58 Å². The van der Waals surface area contributed by atoms with Crippen LogP contribution < -0.4 is 0 Å². The summed E-state index contributed by atoms with van der Waals surface area (Å²) in [5, 5.41) is 0. The highest BCUT2D eigenvalue weighted by atomic mass is 16.5. The summed E-state index contributed by atoms with van der Waals surface area (Å²) in [5.74, 6) is -0.264. The first-order valence-electron chi connectivity index (χ1n) is 5.73. The lowest BCUT2D eigenvalue weighted by atomic mass is 10.1. The molecule has 0 aromatic heterocycles. The van der Waals surface area contributed by atoms with Gasteiger partial charge in [-0.25, -0.2) is 4.79 Å². The minimum Gasteiger partial charge on any atom is -0.462 e. The molecule has 1 rings (SSSR count). The van der Waals surface area contributed by atoms with Crippen LogP contribution in [0.2, 0.25) is 0 Å². The third-order valence-electron chi connectivity index (χ3n) is 2.35. The first-order chi connectivity index (χ1) is 8.24. The van der Waals surface area contributed by atoms with Crippen LogP contribution in [0, 0.1) is 0 Å². The zero-order chi connectivity index (χ0) is 12.5. The number of benzene rings is 1. The van der Waals surface area contributed by atoms with Crippen molar-refractivity contribution in [3.05, 3.63) is 60.7 Å². The number of hydrogen-bond donors (Lipinski definition) is 0. The fourth-order valence-electron chi connectivity index (χ4n) is 1.45. The quantitative estimate of drug-likeness (QED) is 0.405. The summed E-state index contributed by atoms with van der Waals surface area (Å²) in [6.45, 7) is 7.99. The van der Waals surface area contributed by atoms with E-state index < -0.39 is 0 Å². The molecule has 0 saturated heterocycles. The molecule has 0 N–H and O–H groups in total. The van der Waals surface area contributed by atoms with Crippen LogP contribution in [-0.4, -0.2) is 12.6 Å². The van der Waals surface area contributed by atoms with E-state index in [0.29, 0.717) is 12.2 Å². The molecule has 90 valence electrons. The summed E-state index contributed by atoms with van der Waals surface area (Å²) in [5.41, 5.74) is 1.72. The lowest BCUT2D eigenvalue weighted by molar-refractivity contribution is 0.0500. The van der Waals surface area contributed by atoms with E-state index in [2.05, 4.69) is 13.2 Å². The van der Waals surface area contributed by atoms with E-state index in [4.69, 9.17) is 4.74 Å². The molecule has 0 aliphatic rings. The summed E-state index contributed by atoms with van der Waals surface area (Å²) >= 11 is 0. The molecule has 0 fully saturated rings. The number of esters is 1. The predicted molar refractivity (Wildman–Crippen MR) is 69.9 cm³/mol. The third-order valence-corrected chi connectivity index (χ3v) is 2.35. The highest BCUT2D eigenvalue weighted by Gasteiger charge is 2.04. The summed E-state index contributed by atoms with van der Waals surface area (Å²) in [6, 6.07) is 9.01. The monoisotopic (exact) mass is 230 g/mol. The molecule has 0 aliphatic heterocycles. The first-order valence-corrected chi connectivity index (χ1v) is 5.73. The van der Waals surface area contributed by atoms with E-state index in [-0.39, 0.29) is 5.97 Å². The van der Waals surface area contributed by atoms with Gasteiger partial charge < -0.3 is 4.74 Å². The van der Waals surface area contributed by atoms with Crippen molar-refractivity contribution in [2.24, 2.45) is 0 Å². The zero-order valence-electron chi connectivity index (χ0n) is 10.0. The number of ether oxygens (including phenoxy) is 1. The Balaban J connectivity index is 2.21. The van der Waals surface area contributed by atoms with E-state index in [1.165, 1.54) is 0 Å². The van der Waals surface area contributed by atoms with Crippen molar-refractivity contribution >= 4 is 5.97 Å². The predicted octanol–water partition coefficient (Wildman–Crippen LogP) is 3.76. The van der Waals surface area contributed by atoms with E-state index in [1.54, 1.807) is 12.1 Å². The average molecular weight is 230 g/mol. The van der Waals surface area contributed by atoms with Crippen LogP contribution in [0.5, 0.6) is 0 Å². The van der Waals surface area contributed by atoms with Crippen molar-refractivity contribution in [3.8, 4) is 0 Å². The summed E-state index contributed by atoms with van der Waals surface area (Å²) in [7, 11) is 0. The van der Waals surface area contributed by atoms with Crippen LogP contribution in [0.1, 0.15) is 29.6 Å². The van der Waals surface area contributed by atoms with Gasteiger partial charge in [0.25, 0.3) is 0 Å². The maximum Gasteiger partial charge on any atom is 0.338 e. The number of hydrogen-bond acceptors (Lipinski definition) is 2. The second kappa shape index (κ2) is 7.44. The topological polar surface area (TPSA) is 26.3 Å². The Morgan fingerprint density at radius 1 is 1.29 bits per heavy atom. The average Bonchev–Trinajstić information content (AvgIpc) is 2.36. The number of carbonyl (C=O) groups is 1. The van der Waals surface area contributed by atoms with Gasteiger partial charge in [-0.1, -0.05) is 36.4 Å². The van der Waals surface area contributed by atoms with E-state index in [0.717, 1.165) is 24.8 Å². The number of allylic oxidation sites excluding steroid dienone is 2. The molecular weight excluding hydrogens is 212 g/mol. The Labute approximate surface area is 103 Å². The second-order valence-corrected chi connectivity index (χ2v) is 3.85. The lowest BCUT2D eigenvalue weighted by Crippen LogP contribution is -2.06. The standard InChI is InChI=1S/C15H18O2/c1-3-8-13(2)9-7-12-17-15(16)14-10-5-4-6-11-14/h3-6,10-11H,1-2,7-9,12H2.